The van der Waals surface area contributed by atoms with Gasteiger partial charge in [-0.1, -0.05) is 26.7 Å². The van der Waals surface area contributed by atoms with Gasteiger partial charge in [0.1, 0.15) is 0 Å². The molecule has 1 saturated carbocycles. The number of carbonyl (C=O) groups excluding carboxylic acids is 1. The average Bonchev–Trinajstić information content (AvgIpc) is 2.91. The molecule has 0 aromatic rings. The van der Waals surface area contributed by atoms with Crippen LogP contribution < -0.4 is 16.0 Å². The lowest BCUT2D eigenvalue weighted by atomic mass is 10.1. The maximum Gasteiger partial charge on any atom is 0.221 e. The number of amides is 1. The van der Waals surface area contributed by atoms with E-state index in [-0.39, 0.29) is 29.9 Å². The standard InChI is InChI=1S/C16H32N4O.HI/c1-4-17-16(18-11-9-13(2)3)19-12-10-15(21)20-14-7-5-6-8-14;/h13-14H,4-12H2,1-3H3,(H,20,21)(H2,17,18,19);1H. The first-order valence-electron chi connectivity index (χ1n) is 8.43. The Balaban J connectivity index is 0.00000441. The predicted molar refractivity (Wildman–Crippen MR) is 104 cm³/mol. The fourth-order valence-corrected chi connectivity index (χ4v) is 2.44. The maximum absolute atomic E-state index is 11.8. The molecule has 6 heteroatoms. The Morgan fingerprint density at radius 1 is 1.23 bits per heavy atom. The van der Waals surface area contributed by atoms with Crippen LogP contribution in [-0.4, -0.2) is 37.5 Å². The summed E-state index contributed by atoms with van der Waals surface area (Å²) in [6.07, 6.45) is 6.35. The zero-order valence-corrected chi connectivity index (χ0v) is 16.6. The first kappa shape index (κ1) is 21.5. The van der Waals surface area contributed by atoms with Crippen LogP contribution in [0.2, 0.25) is 0 Å². The van der Waals surface area contributed by atoms with Gasteiger partial charge in [-0.15, -0.1) is 24.0 Å². The minimum Gasteiger partial charge on any atom is -0.357 e. The fraction of sp³-hybridized carbons (Fsp3) is 0.875. The highest BCUT2D eigenvalue weighted by Crippen LogP contribution is 2.17. The highest BCUT2D eigenvalue weighted by atomic mass is 127. The molecular weight excluding hydrogens is 391 g/mol. The van der Waals surface area contributed by atoms with E-state index in [0.717, 1.165) is 38.3 Å². The van der Waals surface area contributed by atoms with Crippen molar-refractivity contribution in [2.24, 2.45) is 10.9 Å². The topological polar surface area (TPSA) is 65.5 Å². The lowest BCUT2D eigenvalue weighted by Crippen LogP contribution is -2.40. The Kier molecular flexibility index (Phi) is 12.6. The molecule has 0 unspecified atom stereocenters. The molecule has 0 aromatic carbocycles. The zero-order chi connectivity index (χ0) is 15.5. The van der Waals surface area contributed by atoms with Gasteiger partial charge < -0.3 is 16.0 Å². The van der Waals surface area contributed by atoms with Crippen LogP contribution in [0.3, 0.4) is 0 Å². The van der Waals surface area contributed by atoms with E-state index < -0.39 is 0 Å². The summed E-state index contributed by atoms with van der Waals surface area (Å²) in [6, 6.07) is 0.408. The summed E-state index contributed by atoms with van der Waals surface area (Å²) in [5.74, 6) is 1.62. The van der Waals surface area contributed by atoms with Crippen LogP contribution in [0.4, 0.5) is 0 Å². The molecule has 0 spiro atoms. The van der Waals surface area contributed by atoms with Gasteiger partial charge in [0.25, 0.3) is 0 Å². The van der Waals surface area contributed by atoms with Gasteiger partial charge >= 0.3 is 0 Å². The second kappa shape index (κ2) is 13.0. The number of hydrogen-bond acceptors (Lipinski definition) is 2. The Morgan fingerprint density at radius 2 is 1.91 bits per heavy atom. The van der Waals surface area contributed by atoms with Crippen molar-refractivity contribution in [1.82, 2.24) is 16.0 Å². The minimum atomic E-state index is 0. The van der Waals surface area contributed by atoms with Crippen molar-refractivity contribution in [3.63, 3.8) is 0 Å². The number of halogens is 1. The third kappa shape index (κ3) is 10.2. The summed E-state index contributed by atoms with van der Waals surface area (Å²) in [4.78, 5) is 16.3. The van der Waals surface area contributed by atoms with Crippen molar-refractivity contribution in [2.45, 2.75) is 65.3 Å². The molecule has 0 bridgehead atoms. The molecule has 0 aliphatic heterocycles. The third-order valence-electron chi connectivity index (χ3n) is 3.69. The normalized spacial score (nSPS) is 15.5. The van der Waals surface area contributed by atoms with Gasteiger partial charge in [0.05, 0.1) is 0 Å². The molecule has 0 saturated heterocycles. The summed E-state index contributed by atoms with van der Waals surface area (Å²) >= 11 is 0. The fourth-order valence-electron chi connectivity index (χ4n) is 2.44. The van der Waals surface area contributed by atoms with Crippen LogP contribution in [0.25, 0.3) is 0 Å². The van der Waals surface area contributed by atoms with Gasteiger partial charge in [0.2, 0.25) is 5.91 Å². The molecule has 1 aliphatic carbocycles. The van der Waals surface area contributed by atoms with Crippen molar-refractivity contribution in [2.75, 3.05) is 19.6 Å². The molecule has 22 heavy (non-hydrogen) atoms. The molecule has 1 amide bonds. The van der Waals surface area contributed by atoms with E-state index in [4.69, 9.17) is 0 Å². The van der Waals surface area contributed by atoms with Gasteiger partial charge in [-0.2, -0.15) is 0 Å². The summed E-state index contributed by atoms with van der Waals surface area (Å²) in [7, 11) is 0. The molecule has 1 rings (SSSR count). The second-order valence-electron chi connectivity index (χ2n) is 6.17. The number of rotatable bonds is 8. The van der Waals surface area contributed by atoms with Gasteiger partial charge in [-0.3, -0.25) is 9.79 Å². The van der Waals surface area contributed by atoms with Crippen molar-refractivity contribution >= 4 is 35.8 Å². The van der Waals surface area contributed by atoms with E-state index >= 15 is 0 Å². The molecule has 3 N–H and O–H groups in total. The third-order valence-corrected chi connectivity index (χ3v) is 3.69. The van der Waals surface area contributed by atoms with Crippen LogP contribution in [0.15, 0.2) is 4.99 Å². The van der Waals surface area contributed by atoms with Crippen LogP contribution in [0, 0.1) is 5.92 Å². The summed E-state index contributed by atoms with van der Waals surface area (Å²) in [5.41, 5.74) is 0. The molecule has 1 aliphatic rings. The Labute approximate surface area is 152 Å². The molecule has 0 heterocycles. The highest BCUT2D eigenvalue weighted by Gasteiger charge is 2.16. The first-order chi connectivity index (χ1) is 10.1. The number of guanidine groups is 1. The smallest absolute Gasteiger partial charge is 0.221 e. The van der Waals surface area contributed by atoms with E-state index in [1.807, 2.05) is 6.92 Å². The number of aliphatic imine (C=N–C) groups is 1. The van der Waals surface area contributed by atoms with Gasteiger partial charge in [0, 0.05) is 32.1 Å². The van der Waals surface area contributed by atoms with Crippen LogP contribution in [0.5, 0.6) is 0 Å². The van der Waals surface area contributed by atoms with Crippen molar-refractivity contribution < 1.29 is 4.79 Å². The monoisotopic (exact) mass is 424 g/mol. The SMILES string of the molecule is CCNC(=NCCC(C)C)NCCC(=O)NC1CCCC1.I. The second-order valence-corrected chi connectivity index (χ2v) is 6.17. The number of nitrogens with one attached hydrogen (secondary N) is 3. The minimum absolute atomic E-state index is 0. The largest absolute Gasteiger partial charge is 0.357 e. The Hall–Kier alpha value is -0.530. The van der Waals surface area contributed by atoms with E-state index in [9.17, 15) is 4.79 Å². The van der Waals surface area contributed by atoms with Crippen molar-refractivity contribution in [1.29, 1.82) is 0 Å². The molecule has 5 nitrogen and oxygen atoms in total. The molecular formula is C16H33IN4O. The molecule has 0 aromatic heterocycles. The van der Waals surface area contributed by atoms with Crippen molar-refractivity contribution in [3.05, 3.63) is 0 Å². The van der Waals surface area contributed by atoms with Crippen LogP contribution >= 0.6 is 24.0 Å². The van der Waals surface area contributed by atoms with E-state index in [0.29, 0.717) is 24.9 Å². The van der Waals surface area contributed by atoms with Gasteiger partial charge in [0.15, 0.2) is 5.96 Å². The molecule has 130 valence electrons. The van der Waals surface area contributed by atoms with E-state index in [1.54, 1.807) is 0 Å². The summed E-state index contributed by atoms with van der Waals surface area (Å²) in [5, 5.41) is 9.54. The average molecular weight is 424 g/mol. The Bertz CT molecular complexity index is 328. The number of carbonyl (C=O) groups is 1. The van der Waals surface area contributed by atoms with Gasteiger partial charge in [-0.05, 0) is 32.1 Å². The molecule has 0 radical (unpaired) electrons. The first-order valence-corrected chi connectivity index (χ1v) is 8.43. The zero-order valence-electron chi connectivity index (χ0n) is 14.3. The van der Waals surface area contributed by atoms with E-state index in [1.165, 1.54) is 12.8 Å². The maximum atomic E-state index is 11.8. The quantitative estimate of drug-likeness (QED) is 0.319. The van der Waals surface area contributed by atoms with Crippen LogP contribution in [0.1, 0.15) is 59.3 Å². The number of nitrogens with zero attached hydrogens (tertiary/aromatic N) is 1. The number of hydrogen-bond donors (Lipinski definition) is 3. The molecule has 1 fully saturated rings. The summed E-state index contributed by atoms with van der Waals surface area (Å²) < 4.78 is 0. The lowest BCUT2D eigenvalue weighted by molar-refractivity contribution is -0.121. The van der Waals surface area contributed by atoms with Crippen LogP contribution in [-0.2, 0) is 4.79 Å². The molecule has 0 atom stereocenters. The Morgan fingerprint density at radius 3 is 2.50 bits per heavy atom. The van der Waals surface area contributed by atoms with Gasteiger partial charge in [-0.25, -0.2) is 0 Å². The van der Waals surface area contributed by atoms with E-state index in [2.05, 4.69) is 34.8 Å². The summed E-state index contributed by atoms with van der Waals surface area (Å²) in [6.45, 7) is 8.73. The predicted octanol–water partition coefficient (Wildman–Crippen LogP) is 2.65. The highest BCUT2D eigenvalue weighted by molar-refractivity contribution is 14.0. The lowest BCUT2D eigenvalue weighted by Gasteiger charge is -2.14. The van der Waals surface area contributed by atoms with Crippen molar-refractivity contribution in [3.8, 4) is 0 Å².